The lowest BCUT2D eigenvalue weighted by Gasteiger charge is -2.26. The molecule has 1 aliphatic rings. The van der Waals surface area contributed by atoms with Crippen molar-refractivity contribution < 1.29 is 14.6 Å². The molecule has 1 heterocycles. The Bertz CT molecular complexity index is 607. The Balaban J connectivity index is 1.75. The average Bonchev–Trinajstić information content (AvgIpc) is 2.53. The summed E-state index contributed by atoms with van der Waals surface area (Å²) in [5.41, 5.74) is 2.04. The van der Waals surface area contributed by atoms with E-state index in [2.05, 4.69) is 6.07 Å². The highest BCUT2D eigenvalue weighted by molar-refractivity contribution is 5.39. The maximum Gasteiger partial charge on any atom is 0.125 e. The predicted octanol–water partition coefficient (Wildman–Crippen LogP) is 3.69. The van der Waals surface area contributed by atoms with Crippen LogP contribution in [0, 0.1) is 0 Å². The number of para-hydroxylation sites is 2. The molecule has 1 aliphatic heterocycles. The van der Waals surface area contributed by atoms with Crippen molar-refractivity contribution >= 4 is 0 Å². The van der Waals surface area contributed by atoms with Crippen LogP contribution in [0.15, 0.2) is 48.5 Å². The quantitative estimate of drug-likeness (QED) is 0.930. The Kier molecular flexibility index (Phi) is 4.11. The number of benzene rings is 2. The Morgan fingerprint density at radius 3 is 2.81 bits per heavy atom. The fourth-order valence-corrected chi connectivity index (χ4v) is 2.74. The standard InChI is InChI=1S/C18H20O3/c1-13(19)15-6-2-4-8-17(15)21-12-14-10-11-20-18-9-5-3-7-16(14)18/h2-9,13-14,19H,10-12H2,1H3. The Morgan fingerprint density at radius 1 is 1.19 bits per heavy atom. The lowest BCUT2D eigenvalue weighted by molar-refractivity contribution is 0.184. The number of aliphatic hydroxyl groups is 1. The van der Waals surface area contributed by atoms with Crippen molar-refractivity contribution in [3.8, 4) is 11.5 Å². The molecule has 2 aromatic carbocycles. The van der Waals surface area contributed by atoms with Crippen molar-refractivity contribution in [3.05, 3.63) is 59.7 Å². The molecule has 3 rings (SSSR count). The van der Waals surface area contributed by atoms with Crippen LogP contribution >= 0.6 is 0 Å². The Morgan fingerprint density at radius 2 is 1.95 bits per heavy atom. The molecular formula is C18H20O3. The van der Waals surface area contributed by atoms with E-state index in [4.69, 9.17) is 9.47 Å². The van der Waals surface area contributed by atoms with Gasteiger partial charge in [-0.05, 0) is 25.5 Å². The summed E-state index contributed by atoms with van der Waals surface area (Å²) in [7, 11) is 0. The van der Waals surface area contributed by atoms with Crippen LogP contribution in [0.1, 0.15) is 36.5 Å². The van der Waals surface area contributed by atoms with Crippen LogP contribution < -0.4 is 9.47 Å². The molecule has 0 bridgehead atoms. The smallest absolute Gasteiger partial charge is 0.125 e. The number of hydrogen-bond acceptors (Lipinski definition) is 3. The van der Waals surface area contributed by atoms with E-state index in [1.54, 1.807) is 6.92 Å². The molecule has 21 heavy (non-hydrogen) atoms. The van der Waals surface area contributed by atoms with Gasteiger partial charge in [-0.3, -0.25) is 0 Å². The van der Waals surface area contributed by atoms with Gasteiger partial charge in [0.25, 0.3) is 0 Å². The van der Waals surface area contributed by atoms with Crippen LogP contribution in [-0.4, -0.2) is 18.3 Å². The highest BCUT2D eigenvalue weighted by Gasteiger charge is 2.22. The van der Waals surface area contributed by atoms with Gasteiger partial charge in [-0.15, -0.1) is 0 Å². The fourth-order valence-electron chi connectivity index (χ4n) is 2.74. The molecule has 2 unspecified atom stereocenters. The zero-order chi connectivity index (χ0) is 14.7. The third-order valence-electron chi connectivity index (χ3n) is 3.89. The summed E-state index contributed by atoms with van der Waals surface area (Å²) in [6.07, 6.45) is 0.427. The van der Waals surface area contributed by atoms with Crippen LogP contribution in [0.3, 0.4) is 0 Å². The molecule has 0 aromatic heterocycles. The summed E-state index contributed by atoms with van der Waals surface area (Å²) in [6, 6.07) is 15.8. The number of hydrogen-bond donors (Lipinski definition) is 1. The zero-order valence-corrected chi connectivity index (χ0v) is 12.2. The van der Waals surface area contributed by atoms with Gasteiger partial charge in [0.2, 0.25) is 0 Å². The van der Waals surface area contributed by atoms with E-state index in [0.29, 0.717) is 12.5 Å². The van der Waals surface area contributed by atoms with Crippen LogP contribution in [-0.2, 0) is 0 Å². The van der Waals surface area contributed by atoms with E-state index in [1.807, 2.05) is 42.5 Å². The largest absolute Gasteiger partial charge is 0.493 e. The van der Waals surface area contributed by atoms with Gasteiger partial charge in [-0.2, -0.15) is 0 Å². The van der Waals surface area contributed by atoms with Gasteiger partial charge in [-0.1, -0.05) is 36.4 Å². The maximum absolute atomic E-state index is 9.80. The lowest BCUT2D eigenvalue weighted by Crippen LogP contribution is -2.19. The summed E-state index contributed by atoms with van der Waals surface area (Å²) in [5.74, 6) is 2.05. The van der Waals surface area contributed by atoms with Gasteiger partial charge in [0.1, 0.15) is 11.5 Å². The minimum absolute atomic E-state index is 0.331. The first kappa shape index (κ1) is 14.0. The third-order valence-corrected chi connectivity index (χ3v) is 3.89. The first-order chi connectivity index (χ1) is 10.3. The minimum Gasteiger partial charge on any atom is -0.493 e. The first-order valence-electron chi connectivity index (χ1n) is 7.37. The van der Waals surface area contributed by atoms with Crippen molar-refractivity contribution in [3.63, 3.8) is 0 Å². The fraction of sp³-hybridized carbons (Fsp3) is 0.333. The molecule has 2 aromatic rings. The van der Waals surface area contributed by atoms with Crippen LogP contribution in [0.5, 0.6) is 11.5 Å². The van der Waals surface area contributed by atoms with Crippen LogP contribution in [0.25, 0.3) is 0 Å². The van der Waals surface area contributed by atoms with Gasteiger partial charge in [0, 0.05) is 17.0 Å². The van der Waals surface area contributed by atoms with E-state index < -0.39 is 6.10 Å². The van der Waals surface area contributed by atoms with E-state index in [0.717, 1.165) is 30.1 Å². The van der Waals surface area contributed by atoms with Gasteiger partial charge in [-0.25, -0.2) is 0 Å². The number of ether oxygens (including phenoxy) is 2. The minimum atomic E-state index is -0.525. The van der Waals surface area contributed by atoms with Crippen LogP contribution in [0.2, 0.25) is 0 Å². The van der Waals surface area contributed by atoms with Gasteiger partial charge >= 0.3 is 0 Å². The summed E-state index contributed by atoms with van der Waals surface area (Å²) < 4.78 is 11.7. The molecule has 3 heteroatoms. The molecule has 0 fully saturated rings. The average molecular weight is 284 g/mol. The second kappa shape index (κ2) is 6.19. The second-order valence-corrected chi connectivity index (χ2v) is 5.40. The molecule has 110 valence electrons. The molecule has 3 nitrogen and oxygen atoms in total. The molecule has 1 N–H and O–H groups in total. The Hall–Kier alpha value is -2.00. The van der Waals surface area contributed by atoms with Crippen molar-refractivity contribution in [2.75, 3.05) is 13.2 Å². The van der Waals surface area contributed by atoms with E-state index >= 15 is 0 Å². The Labute approximate surface area is 125 Å². The third kappa shape index (κ3) is 3.03. The SMILES string of the molecule is CC(O)c1ccccc1OCC1CCOc2ccccc21. The van der Waals surface area contributed by atoms with Gasteiger partial charge in [0.15, 0.2) is 0 Å². The van der Waals surface area contributed by atoms with E-state index in [-0.39, 0.29) is 0 Å². The molecule has 2 atom stereocenters. The number of rotatable bonds is 4. The predicted molar refractivity (Wildman–Crippen MR) is 81.9 cm³/mol. The molecule has 0 saturated heterocycles. The lowest BCUT2D eigenvalue weighted by atomic mass is 9.94. The monoisotopic (exact) mass is 284 g/mol. The molecule has 0 saturated carbocycles. The zero-order valence-electron chi connectivity index (χ0n) is 12.2. The summed E-state index contributed by atoms with van der Waals surface area (Å²) in [4.78, 5) is 0. The van der Waals surface area contributed by atoms with Crippen molar-refractivity contribution in [2.45, 2.75) is 25.4 Å². The highest BCUT2D eigenvalue weighted by Crippen LogP contribution is 2.34. The van der Waals surface area contributed by atoms with Crippen molar-refractivity contribution in [2.24, 2.45) is 0 Å². The van der Waals surface area contributed by atoms with E-state index in [9.17, 15) is 5.11 Å². The van der Waals surface area contributed by atoms with E-state index in [1.165, 1.54) is 5.56 Å². The van der Waals surface area contributed by atoms with Crippen LogP contribution in [0.4, 0.5) is 0 Å². The maximum atomic E-state index is 9.80. The van der Waals surface area contributed by atoms with Gasteiger partial charge < -0.3 is 14.6 Å². The molecule has 0 amide bonds. The van der Waals surface area contributed by atoms with Crippen molar-refractivity contribution in [1.82, 2.24) is 0 Å². The van der Waals surface area contributed by atoms with Gasteiger partial charge in [0.05, 0.1) is 19.3 Å². The number of aliphatic hydroxyl groups excluding tert-OH is 1. The molecule has 0 aliphatic carbocycles. The second-order valence-electron chi connectivity index (χ2n) is 5.40. The first-order valence-corrected chi connectivity index (χ1v) is 7.37. The molecule has 0 radical (unpaired) electrons. The topological polar surface area (TPSA) is 38.7 Å². The summed E-state index contributed by atoms with van der Waals surface area (Å²) in [5, 5.41) is 9.80. The summed E-state index contributed by atoms with van der Waals surface area (Å²) in [6.45, 7) is 3.08. The number of fused-ring (bicyclic) bond motifs is 1. The van der Waals surface area contributed by atoms with Crippen molar-refractivity contribution in [1.29, 1.82) is 0 Å². The molecular weight excluding hydrogens is 264 g/mol. The molecule has 0 spiro atoms. The highest BCUT2D eigenvalue weighted by atomic mass is 16.5. The summed E-state index contributed by atoms with van der Waals surface area (Å²) >= 11 is 0. The normalized spacial score (nSPS) is 18.5.